The number of carbonyl (C=O) groups excluding carboxylic acids is 1. The minimum Gasteiger partial charge on any atom is -0.324 e. The molecule has 3 aromatic rings. The summed E-state index contributed by atoms with van der Waals surface area (Å²) in [5.41, 5.74) is 2.61. The van der Waals surface area contributed by atoms with Crippen LogP contribution in [0.25, 0.3) is 0 Å². The maximum absolute atomic E-state index is 13.1. The molecular weight excluding hydrogens is 343 g/mol. The van der Waals surface area contributed by atoms with Gasteiger partial charge < -0.3 is 10.6 Å². The number of nitrogens with one attached hydrogen (secondary N) is 2. The van der Waals surface area contributed by atoms with Crippen LogP contribution in [0.3, 0.4) is 0 Å². The number of hydrogen-bond acceptors (Lipinski definition) is 4. The first kappa shape index (κ1) is 16.9. The van der Waals surface area contributed by atoms with Crippen molar-refractivity contribution in [2.45, 2.75) is 6.92 Å². The van der Waals surface area contributed by atoms with Gasteiger partial charge in [0.25, 0.3) is 5.91 Å². The molecule has 0 saturated carbocycles. The van der Waals surface area contributed by atoms with Gasteiger partial charge in [-0.15, -0.1) is 0 Å². The number of rotatable bonds is 4. The van der Waals surface area contributed by atoms with E-state index >= 15 is 0 Å². The molecule has 1 heterocycles. The summed E-state index contributed by atoms with van der Waals surface area (Å²) in [5.74, 6) is -0.574. The standard InChI is InChI=1S/C18H14ClFN4O/c1-11-4-2-3-5-16(11)24-18-21-9-12(10-22-18)17(25)23-13-6-7-15(20)14(19)8-13/h2-10H,1H3,(H,23,25)(H,21,22,24). The Morgan fingerprint density at radius 2 is 1.84 bits per heavy atom. The largest absolute Gasteiger partial charge is 0.324 e. The monoisotopic (exact) mass is 356 g/mol. The summed E-state index contributed by atoms with van der Waals surface area (Å²) in [6, 6.07) is 11.7. The van der Waals surface area contributed by atoms with Crippen LogP contribution in [0.5, 0.6) is 0 Å². The first-order valence-corrected chi connectivity index (χ1v) is 7.82. The van der Waals surface area contributed by atoms with E-state index in [-0.39, 0.29) is 10.6 Å². The molecule has 0 spiro atoms. The van der Waals surface area contributed by atoms with E-state index in [9.17, 15) is 9.18 Å². The number of hydrogen-bond donors (Lipinski definition) is 2. The molecule has 1 aromatic heterocycles. The van der Waals surface area contributed by atoms with Gasteiger partial charge in [-0.25, -0.2) is 14.4 Å². The molecule has 0 aliphatic heterocycles. The minimum absolute atomic E-state index is 0.0631. The molecule has 2 N–H and O–H groups in total. The van der Waals surface area contributed by atoms with Crippen LogP contribution in [0.4, 0.5) is 21.7 Å². The molecule has 25 heavy (non-hydrogen) atoms. The Morgan fingerprint density at radius 1 is 1.12 bits per heavy atom. The van der Waals surface area contributed by atoms with E-state index in [2.05, 4.69) is 20.6 Å². The summed E-state index contributed by atoms with van der Waals surface area (Å²) in [6.45, 7) is 1.97. The number of para-hydroxylation sites is 1. The molecule has 1 amide bonds. The third-order valence-corrected chi connectivity index (χ3v) is 3.77. The predicted molar refractivity (Wildman–Crippen MR) is 95.9 cm³/mol. The summed E-state index contributed by atoms with van der Waals surface area (Å²) >= 11 is 5.69. The molecule has 3 rings (SSSR count). The van der Waals surface area contributed by atoms with E-state index in [1.165, 1.54) is 30.6 Å². The molecule has 5 nitrogen and oxygen atoms in total. The smallest absolute Gasteiger partial charge is 0.258 e. The molecule has 2 aromatic carbocycles. The second kappa shape index (κ2) is 7.27. The highest BCUT2D eigenvalue weighted by Gasteiger charge is 2.09. The highest BCUT2D eigenvalue weighted by molar-refractivity contribution is 6.31. The molecule has 0 bridgehead atoms. The lowest BCUT2D eigenvalue weighted by Gasteiger charge is -2.08. The maximum Gasteiger partial charge on any atom is 0.258 e. The molecular formula is C18H14ClFN4O. The number of anilines is 3. The molecule has 0 unspecified atom stereocenters. The van der Waals surface area contributed by atoms with Gasteiger partial charge in [-0.2, -0.15) is 0 Å². The third kappa shape index (κ3) is 4.10. The summed E-state index contributed by atoms with van der Waals surface area (Å²) in [5, 5.41) is 5.64. The van der Waals surface area contributed by atoms with Crippen LogP contribution >= 0.6 is 11.6 Å². The number of aromatic nitrogens is 2. The zero-order valence-electron chi connectivity index (χ0n) is 13.3. The van der Waals surface area contributed by atoms with Gasteiger partial charge in [-0.05, 0) is 36.8 Å². The lowest BCUT2D eigenvalue weighted by molar-refractivity contribution is 0.102. The maximum atomic E-state index is 13.1. The van der Waals surface area contributed by atoms with Gasteiger partial charge in [0.2, 0.25) is 5.95 Å². The quantitative estimate of drug-likeness (QED) is 0.718. The fraction of sp³-hybridized carbons (Fsp3) is 0.0556. The second-order valence-corrected chi connectivity index (χ2v) is 5.73. The van der Waals surface area contributed by atoms with E-state index < -0.39 is 11.7 Å². The summed E-state index contributed by atoms with van der Waals surface area (Å²) < 4.78 is 13.1. The number of benzene rings is 2. The number of halogens is 2. The van der Waals surface area contributed by atoms with Crippen LogP contribution in [0, 0.1) is 12.7 Å². The highest BCUT2D eigenvalue weighted by atomic mass is 35.5. The highest BCUT2D eigenvalue weighted by Crippen LogP contribution is 2.20. The molecule has 0 atom stereocenters. The van der Waals surface area contributed by atoms with Crippen LogP contribution in [-0.2, 0) is 0 Å². The number of nitrogens with zero attached hydrogens (tertiary/aromatic N) is 2. The van der Waals surface area contributed by atoms with Gasteiger partial charge in [0, 0.05) is 23.8 Å². The van der Waals surface area contributed by atoms with E-state index in [4.69, 9.17) is 11.6 Å². The molecule has 126 valence electrons. The Kier molecular flexibility index (Phi) is 4.90. The van der Waals surface area contributed by atoms with Crippen molar-refractivity contribution in [1.29, 1.82) is 0 Å². The average molecular weight is 357 g/mol. The molecule has 0 aliphatic rings. The molecule has 0 saturated heterocycles. The summed E-state index contributed by atoms with van der Waals surface area (Å²) in [7, 11) is 0. The molecule has 0 aliphatic carbocycles. The zero-order chi connectivity index (χ0) is 17.8. The van der Waals surface area contributed by atoms with Gasteiger partial charge in [0.05, 0.1) is 10.6 Å². The lowest BCUT2D eigenvalue weighted by atomic mass is 10.2. The van der Waals surface area contributed by atoms with E-state index in [0.717, 1.165) is 11.3 Å². The summed E-state index contributed by atoms with van der Waals surface area (Å²) in [6.07, 6.45) is 2.82. The van der Waals surface area contributed by atoms with Crippen molar-refractivity contribution >= 4 is 34.8 Å². The van der Waals surface area contributed by atoms with Crippen molar-refractivity contribution in [3.8, 4) is 0 Å². The molecule has 0 fully saturated rings. The van der Waals surface area contributed by atoms with Gasteiger partial charge >= 0.3 is 0 Å². The van der Waals surface area contributed by atoms with Crippen molar-refractivity contribution in [2.24, 2.45) is 0 Å². The third-order valence-electron chi connectivity index (χ3n) is 3.48. The normalized spacial score (nSPS) is 10.4. The van der Waals surface area contributed by atoms with Crippen molar-refractivity contribution in [2.75, 3.05) is 10.6 Å². The number of amides is 1. The van der Waals surface area contributed by atoms with Crippen LogP contribution < -0.4 is 10.6 Å². The van der Waals surface area contributed by atoms with Crippen molar-refractivity contribution in [3.05, 3.63) is 76.8 Å². The zero-order valence-corrected chi connectivity index (χ0v) is 14.0. The Bertz CT molecular complexity index is 915. The van der Waals surface area contributed by atoms with Crippen LogP contribution in [-0.4, -0.2) is 15.9 Å². The topological polar surface area (TPSA) is 66.9 Å². The fourth-order valence-electron chi connectivity index (χ4n) is 2.12. The Labute approximate surface area is 148 Å². The second-order valence-electron chi connectivity index (χ2n) is 5.32. The van der Waals surface area contributed by atoms with Crippen molar-refractivity contribution < 1.29 is 9.18 Å². The van der Waals surface area contributed by atoms with E-state index in [0.29, 0.717) is 11.6 Å². The SMILES string of the molecule is Cc1ccccc1Nc1ncc(C(=O)Nc2ccc(F)c(Cl)c2)cn1. The van der Waals surface area contributed by atoms with Gasteiger partial charge in [0.1, 0.15) is 5.82 Å². The van der Waals surface area contributed by atoms with Crippen molar-refractivity contribution in [3.63, 3.8) is 0 Å². The first-order valence-electron chi connectivity index (χ1n) is 7.44. The van der Waals surface area contributed by atoms with Crippen LogP contribution in [0.2, 0.25) is 5.02 Å². The fourth-order valence-corrected chi connectivity index (χ4v) is 2.30. The number of carbonyl (C=O) groups is 1. The van der Waals surface area contributed by atoms with E-state index in [1.807, 2.05) is 31.2 Å². The Hall–Kier alpha value is -2.99. The van der Waals surface area contributed by atoms with Crippen LogP contribution in [0.15, 0.2) is 54.9 Å². The van der Waals surface area contributed by atoms with Gasteiger partial charge in [-0.3, -0.25) is 4.79 Å². The minimum atomic E-state index is -0.547. The number of aryl methyl sites for hydroxylation is 1. The van der Waals surface area contributed by atoms with Gasteiger partial charge in [0.15, 0.2) is 0 Å². The van der Waals surface area contributed by atoms with E-state index in [1.54, 1.807) is 0 Å². The Morgan fingerprint density at radius 3 is 2.52 bits per heavy atom. The molecule has 0 radical (unpaired) electrons. The average Bonchev–Trinajstić information content (AvgIpc) is 2.61. The van der Waals surface area contributed by atoms with Crippen LogP contribution in [0.1, 0.15) is 15.9 Å². The lowest BCUT2D eigenvalue weighted by Crippen LogP contribution is -2.13. The first-order chi connectivity index (χ1) is 12.0. The summed E-state index contributed by atoms with van der Waals surface area (Å²) in [4.78, 5) is 20.5. The van der Waals surface area contributed by atoms with Gasteiger partial charge in [-0.1, -0.05) is 29.8 Å². The predicted octanol–water partition coefficient (Wildman–Crippen LogP) is 4.57. The Balaban J connectivity index is 1.70. The van der Waals surface area contributed by atoms with Crippen molar-refractivity contribution in [1.82, 2.24) is 9.97 Å². The molecule has 7 heteroatoms.